The summed E-state index contributed by atoms with van der Waals surface area (Å²) in [5.74, 6) is -0.648. The van der Waals surface area contributed by atoms with E-state index >= 15 is 0 Å². The van der Waals surface area contributed by atoms with Crippen LogP contribution in [0.15, 0.2) is 54.9 Å². The van der Waals surface area contributed by atoms with Gasteiger partial charge in [0.1, 0.15) is 5.82 Å². The van der Waals surface area contributed by atoms with Gasteiger partial charge in [-0.05, 0) is 42.5 Å². The van der Waals surface area contributed by atoms with Crippen molar-refractivity contribution in [2.24, 2.45) is 0 Å². The quantitative estimate of drug-likeness (QED) is 0.678. The van der Waals surface area contributed by atoms with Crippen LogP contribution in [-0.2, 0) is 0 Å². The molecule has 5 nitrogen and oxygen atoms in total. The lowest BCUT2D eigenvalue weighted by Crippen LogP contribution is -2.13. The van der Waals surface area contributed by atoms with Crippen molar-refractivity contribution in [3.05, 3.63) is 76.3 Å². The van der Waals surface area contributed by atoms with Crippen molar-refractivity contribution in [2.45, 2.75) is 0 Å². The summed E-state index contributed by atoms with van der Waals surface area (Å²) >= 11 is 11.5. The first-order valence-electron chi connectivity index (χ1n) is 7.12. The number of hydrogen-bond donors (Lipinski definition) is 2. The van der Waals surface area contributed by atoms with Crippen LogP contribution in [0.3, 0.4) is 0 Å². The van der Waals surface area contributed by atoms with E-state index < -0.39 is 11.7 Å². The number of nitrogens with zero attached hydrogens (tertiary/aromatic N) is 2. The smallest absolute Gasteiger partial charge is 0.258 e. The zero-order valence-corrected chi connectivity index (χ0v) is 14.1. The Morgan fingerprint density at radius 3 is 2.24 bits per heavy atom. The molecule has 25 heavy (non-hydrogen) atoms. The van der Waals surface area contributed by atoms with E-state index in [-0.39, 0.29) is 10.6 Å². The molecule has 126 valence electrons. The van der Waals surface area contributed by atoms with Crippen LogP contribution in [0, 0.1) is 5.82 Å². The molecule has 0 bridgehead atoms. The van der Waals surface area contributed by atoms with E-state index in [9.17, 15) is 9.18 Å². The number of halogens is 3. The van der Waals surface area contributed by atoms with E-state index in [0.717, 1.165) is 5.69 Å². The SMILES string of the molecule is O=C(Nc1ccc(F)c(Cl)c1)c1cnc(Nc2ccc(Cl)cc2)nc1. The van der Waals surface area contributed by atoms with E-state index in [1.165, 1.54) is 30.6 Å². The molecular formula is C17H11Cl2FN4O. The second-order valence-electron chi connectivity index (χ2n) is 5.01. The molecule has 1 amide bonds. The molecule has 0 atom stereocenters. The van der Waals surface area contributed by atoms with Crippen molar-refractivity contribution in [2.75, 3.05) is 10.6 Å². The predicted octanol–water partition coefficient (Wildman–Crippen LogP) is 4.92. The molecule has 0 radical (unpaired) electrons. The van der Waals surface area contributed by atoms with Crippen molar-refractivity contribution in [1.82, 2.24) is 9.97 Å². The molecule has 1 aromatic heterocycles. The first-order valence-corrected chi connectivity index (χ1v) is 7.88. The molecular weight excluding hydrogens is 366 g/mol. The standard InChI is InChI=1S/C17H11Cl2FN4O/c18-11-1-3-12(4-2-11)24-17-21-8-10(9-22-17)16(25)23-13-5-6-15(20)14(19)7-13/h1-9H,(H,23,25)(H,21,22,24). The average Bonchev–Trinajstić information content (AvgIpc) is 2.61. The van der Waals surface area contributed by atoms with Crippen molar-refractivity contribution in [3.63, 3.8) is 0 Å². The maximum Gasteiger partial charge on any atom is 0.258 e. The molecule has 3 rings (SSSR count). The maximum absolute atomic E-state index is 13.1. The van der Waals surface area contributed by atoms with E-state index in [4.69, 9.17) is 23.2 Å². The Kier molecular flexibility index (Phi) is 5.11. The predicted molar refractivity (Wildman–Crippen MR) is 96.1 cm³/mol. The van der Waals surface area contributed by atoms with E-state index in [0.29, 0.717) is 16.7 Å². The number of carbonyl (C=O) groups is 1. The number of nitrogens with one attached hydrogen (secondary N) is 2. The average molecular weight is 377 g/mol. The second kappa shape index (κ2) is 7.46. The number of aromatic nitrogens is 2. The molecule has 0 saturated heterocycles. The summed E-state index contributed by atoms with van der Waals surface area (Å²) in [6, 6.07) is 10.9. The van der Waals surface area contributed by atoms with Crippen molar-refractivity contribution < 1.29 is 9.18 Å². The lowest BCUT2D eigenvalue weighted by atomic mass is 10.2. The van der Waals surface area contributed by atoms with Gasteiger partial charge in [0.05, 0.1) is 10.6 Å². The molecule has 0 fully saturated rings. The summed E-state index contributed by atoms with van der Waals surface area (Å²) in [6.45, 7) is 0. The number of amides is 1. The highest BCUT2D eigenvalue weighted by Crippen LogP contribution is 2.20. The van der Waals surface area contributed by atoms with Crippen LogP contribution < -0.4 is 10.6 Å². The largest absolute Gasteiger partial charge is 0.324 e. The van der Waals surface area contributed by atoms with Crippen molar-refractivity contribution in [3.8, 4) is 0 Å². The fourth-order valence-corrected chi connectivity index (χ4v) is 2.26. The van der Waals surface area contributed by atoms with Gasteiger partial charge in [-0.25, -0.2) is 14.4 Å². The van der Waals surface area contributed by atoms with Crippen molar-refractivity contribution in [1.29, 1.82) is 0 Å². The third-order valence-electron chi connectivity index (χ3n) is 3.19. The zero-order valence-electron chi connectivity index (χ0n) is 12.6. The first-order chi connectivity index (χ1) is 12.0. The van der Waals surface area contributed by atoms with E-state index in [1.807, 2.05) is 0 Å². The number of rotatable bonds is 4. The highest BCUT2D eigenvalue weighted by atomic mass is 35.5. The minimum absolute atomic E-state index is 0.0726. The van der Waals surface area contributed by atoms with Crippen molar-refractivity contribution >= 4 is 46.4 Å². The van der Waals surface area contributed by atoms with E-state index in [1.54, 1.807) is 24.3 Å². The number of hydrogen-bond acceptors (Lipinski definition) is 4. The summed E-state index contributed by atoms with van der Waals surface area (Å²) in [4.78, 5) is 20.3. The lowest BCUT2D eigenvalue weighted by Gasteiger charge is -2.07. The highest BCUT2D eigenvalue weighted by molar-refractivity contribution is 6.31. The molecule has 0 aliphatic rings. The van der Waals surface area contributed by atoms with E-state index in [2.05, 4.69) is 20.6 Å². The molecule has 8 heteroatoms. The molecule has 2 aromatic carbocycles. The summed E-state index contributed by atoms with van der Waals surface area (Å²) in [5.41, 5.74) is 1.39. The maximum atomic E-state index is 13.1. The minimum atomic E-state index is -0.555. The van der Waals surface area contributed by atoms with Crippen LogP contribution in [0.4, 0.5) is 21.7 Å². The summed E-state index contributed by atoms with van der Waals surface area (Å²) < 4.78 is 13.1. The van der Waals surface area contributed by atoms with Crippen LogP contribution in [0.25, 0.3) is 0 Å². The topological polar surface area (TPSA) is 66.9 Å². The van der Waals surface area contributed by atoms with Crippen LogP contribution >= 0.6 is 23.2 Å². The van der Waals surface area contributed by atoms with Gasteiger partial charge in [0, 0.05) is 28.8 Å². The Hall–Kier alpha value is -2.70. The van der Waals surface area contributed by atoms with Gasteiger partial charge in [0.2, 0.25) is 5.95 Å². The van der Waals surface area contributed by atoms with Gasteiger partial charge in [-0.15, -0.1) is 0 Å². The fourth-order valence-electron chi connectivity index (χ4n) is 1.95. The summed E-state index contributed by atoms with van der Waals surface area (Å²) in [7, 11) is 0. The Morgan fingerprint density at radius 2 is 1.60 bits per heavy atom. The van der Waals surface area contributed by atoms with Gasteiger partial charge in [-0.1, -0.05) is 23.2 Å². The van der Waals surface area contributed by atoms with Crippen LogP contribution in [0.5, 0.6) is 0 Å². The lowest BCUT2D eigenvalue weighted by molar-refractivity contribution is 0.102. The third kappa shape index (κ3) is 4.43. The Morgan fingerprint density at radius 1 is 0.960 bits per heavy atom. The first kappa shape index (κ1) is 17.1. The molecule has 0 unspecified atom stereocenters. The molecule has 0 aliphatic heterocycles. The highest BCUT2D eigenvalue weighted by Gasteiger charge is 2.09. The van der Waals surface area contributed by atoms with Gasteiger partial charge in [0.15, 0.2) is 0 Å². The number of anilines is 3. The van der Waals surface area contributed by atoms with Crippen LogP contribution in [-0.4, -0.2) is 15.9 Å². The summed E-state index contributed by atoms with van der Waals surface area (Å²) in [6.07, 6.45) is 2.76. The normalized spacial score (nSPS) is 10.4. The number of carbonyl (C=O) groups excluding carboxylic acids is 1. The number of benzene rings is 2. The molecule has 0 spiro atoms. The van der Waals surface area contributed by atoms with Gasteiger partial charge in [-0.2, -0.15) is 0 Å². The second-order valence-corrected chi connectivity index (χ2v) is 5.85. The minimum Gasteiger partial charge on any atom is -0.324 e. The van der Waals surface area contributed by atoms with Crippen LogP contribution in [0.2, 0.25) is 10.0 Å². The van der Waals surface area contributed by atoms with Gasteiger partial charge in [0.25, 0.3) is 5.91 Å². The summed E-state index contributed by atoms with van der Waals surface area (Å²) in [5, 5.41) is 6.14. The Balaban J connectivity index is 1.67. The Labute approximate surface area is 152 Å². The monoisotopic (exact) mass is 376 g/mol. The fraction of sp³-hybridized carbons (Fsp3) is 0. The Bertz CT molecular complexity index is 902. The molecule has 1 heterocycles. The van der Waals surface area contributed by atoms with Crippen LogP contribution in [0.1, 0.15) is 10.4 Å². The third-order valence-corrected chi connectivity index (χ3v) is 3.73. The zero-order chi connectivity index (χ0) is 17.8. The molecule has 0 saturated carbocycles. The molecule has 3 aromatic rings. The molecule has 0 aliphatic carbocycles. The van der Waals surface area contributed by atoms with Gasteiger partial charge in [-0.3, -0.25) is 4.79 Å². The van der Waals surface area contributed by atoms with Gasteiger partial charge >= 0.3 is 0 Å². The molecule has 2 N–H and O–H groups in total. The van der Waals surface area contributed by atoms with Gasteiger partial charge < -0.3 is 10.6 Å².